The fourth-order valence-corrected chi connectivity index (χ4v) is 2.48. The molecule has 1 fully saturated rings. The Labute approximate surface area is 160 Å². The monoisotopic (exact) mass is 419 g/mol. The quantitative estimate of drug-likeness (QED) is 0.289. The first kappa shape index (κ1) is 22.2. The molecular formula is C16H16F3N3O7. The van der Waals surface area contributed by atoms with Crippen molar-refractivity contribution in [1.29, 1.82) is 0 Å². The summed E-state index contributed by atoms with van der Waals surface area (Å²) in [6, 6.07) is 0. The van der Waals surface area contributed by atoms with Crippen molar-refractivity contribution in [3.8, 4) is 11.8 Å². The second-order valence-electron chi connectivity index (χ2n) is 5.72. The average molecular weight is 419 g/mol. The zero-order valence-corrected chi connectivity index (χ0v) is 14.9. The number of hydrogen-bond acceptors (Lipinski definition) is 8. The first-order valence-electron chi connectivity index (χ1n) is 8.11. The topological polar surface area (TPSA) is 132 Å². The van der Waals surface area contributed by atoms with Gasteiger partial charge < -0.3 is 19.3 Å². The van der Waals surface area contributed by atoms with E-state index in [0.717, 1.165) is 10.8 Å². The molecule has 1 aromatic heterocycles. The molecule has 0 amide bonds. The van der Waals surface area contributed by atoms with E-state index in [9.17, 15) is 32.7 Å². The van der Waals surface area contributed by atoms with Crippen molar-refractivity contribution in [2.75, 3.05) is 13.2 Å². The maximum atomic E-state index is 12.1. The Bertz CT molecular complexity index is 942. The molecule has 0 aromatic carbocycles. The molecule has 1 aliphatic heterocycles. The third kappa shape index (κ3) is 6.47. The number of aliphatic imine (C=N–C) groups is 1. The van der Waals surface area contributed by atoms with Gasteiger partial charge in [0, 0.05) is 19.5 Å². The predicted molar refractivity (Wildman–Crippen MR) is 89.9 cm³/mol. The lowest BCUT2D eigenvalue weighted by molar-refractivity contribution is -0.280. The summed E-state index contributed by atoms with van der Waals surface area (Å²) in [5, 5.41) is 9.34. The third-order valence-electron chi connectivity index (χ3n) is 3.61. The molecule has 158 valence electrons. The minimum absolute atomic E-state index is 0.0443. The lowest BCUT2D eigenvalue weighted by Gasteiger charge is -2.15. The van der Waals surface area contributed by atoms with Crippen LogP contribution in [0.5, 0.6) is 0 Å². The fraction of sp³-hybridized carbons (Fsp3) is 0.500. The van der Waals surface area contributed by atoms with E-state index in [-0.39, 0.29) is 18.4 Å². The molecule has 1 saturated heterocycles. The fourth-order valence-electron chi connectivity index (χ4n) is 2.48. The van der Waals surface area contributed by atoms with Crippen molar-refractivity contribution >= 4 is 12.4 Å². The number of nitrogens with one attached hydrogen (secondary N) is 1. The van der Waals surface area contributed by atoms with Crippen LogP contribution in [0, 0.1) is 11.8 Å². The number of aromatic nitrogens is 2. The summed E-state index contributed by atoms with van der Waals surface area (Å²) in [4.78, 5) is 40.4. The molecule has 2 N–H and O–H groups in total. The van der Waals surface area contributed by atoms with Crippen LogP contribution in [0.25, 0.3) is 0 Å². The molecule has 1 aromatic rings. The van der Waals surface area contributed by atoms with E-state index in [2.05, 4.69) is 21.6 Å². The van der Waals surface area contributed by atoms with E-state index in [1.165, 1.54) is 6.92 Å². The summed E-state index contributed by atoms with van der Waals surface area (Å²) < 4.78 is 50.2. The average Bonchev–Trinajstić information content (AvgIpc) is 3.00. The van der Waals surface area contributed by atoms with E-state index in [4.69, 9.17) is 9.47 Å². The highest BCUT2D eigenvalue weighted by Crippen LogP contribution is 2.29. The van der Waals surface area contributed by atoms with Gasteiger partial charge in [-0.1, -0.05) is 11.8 Å². The van der Waals surface area contributed by atoms with Crippen LogP contribution < -0.4 is 11.2 Å². The molecule has 2 rings (SSSR count). The maximum absolute atomic E-state index is 12.1. The van der Waals surface area contributed by atoms with Crippen molar-refractivity contribution in [2.24, 2.45) is 4.99 Å². The molecule has 0 bridgehead atoms. The summed E-state index contributed by atoms with van der Waals surface area (Å²) in [6.45, 7) is 0.330. The number of H-pyrrole nitrogens is 1. The van der Waals surface area contributed by atoms with Crippen LogP contribution in [0.1, 0.15) is 25.1 Å². The minimum Gasteiger partial charge on any atom is -0.460 e. The van der Waals surface area contributed by atoms with Crippen LogP contribution in [-0.4, -0.2) is 58.7 Å². The summed E-state index contributed by atoms with van der Waals surface area (Å²) in [5.74, 6) is 4.13. The Kier molecular flexibility index (Phi) is 7.18. The zero-order valence-electron chi connectivity index (χ0n) is 14.9. The Morgan fingerprint density at radius 1 is 1.52 bits per heavy atom. The maximum Gasteiger partial charge on any atom is 0.573 e. The van der Waals surface area contributed by atoms with E-state index in [0.29, 0.717) is 0 Å². The highest BCUT2D eigenvalue weighted by atomic mass is 19.4. The Morgan fingerprint density at radius 2 is 2.24 bits per heavy atom. The Hall–Kier alpha value is -3.11. The summed E-state index contributed by atoms with van der Waals surface area (Å²) in [6.07, 6.45) is -6.14. The number of nitrogens with zero attached hydrogens (tertiary/aromatic N) is 2. The summed E-state index contributed by atoms with van der Waals surface area (Å²) >= 11 is 0. The molecule has 10 nitrogen and oxygen atoms in total. The highest BCUT2D eigenvalue weighted by molar-refractivity contribution is 5.66. The SMILES string of the molecule is CC(=O)O[C@@H]1C[C@H](n2cc(C#CC/N=C\OC(F)(F)F)c(=O)[nH]c2=O)O[C@@H]1CO. The van der Waals surface area contributed by atoms with Gasteiger partial charge in [-0.25, -0.2) is 9.79 Å². The van der Waals surface area contributed by atoms with Gasteiger partial charge in [-0.05, 0) is 0 Å². The van der Waals surface area contributed by atoms with Gasteiger partial charge in [-0.15, -0.1) is 13.2 Å². The first-order valence-corrected chi connectivity index (χ1v) is 8.11. The van der Waals surface area contributed by atoms with Gasteiger partial charge in [0.1, 0.15) is 30.5 Å². The number of aliphatic hydroxyl groups excluding tert-OH is 1. The normalized spacial score (nSPS) is 21.6. The Morgan fingerprint density at radius 3 is 2.86 bits per heavy atom. The molecule has 3 atom stereocenters. The lowest BCUT2D eigenvalue weighted by atomic mass is 10.2. The van der Waals surface area contributed by atoms with Crippen LogP contribution in [-0.2, 0) is 19.0 Å². The number of alkyl halides is 3. The van der Waals surface area contributed by atoms with Gasteiger partial charge in [0.05, 0.1) is 6.61 Å². The largest absolute Gasteiger partial charge is 0.573 e. The van der Waals surface area contributed by atoms with Crippen molar-refractivity contribution < 1.29 is 37.3 Å². The number of aliphatic hydroxyl groups is 1. The van der Waals surface area contributed by atoms with Gasteiger partial charge in [-0.3, -0.25) is 19.1 Å². The van der Waals surface area contributed by atoms with Gasteiger partial charge in [-0.2, -0.15) is 0 Å². The number of carbonyl (C=O) groups is 1. The zero-order chi connectivity index (χ0) is 21.6. The van der Waals surface area contributed by atoms with Crippen LogP contribution in [0.3, 0.4) is 0 Å². The van der Waals surface area contributed by atoms with E-state index in [1.54, 1.807) is 0 Å². The van der Waals surface area contributed by atoms with Crippen LogP contribution in [0.15, 0.2) is 20.8 Å². The van der Waals surface area contributed by atoms with Crippen molar-refractivity contribution in [2.45, 2.75) is 38.1 Å². The summed E-state index contributed by atoms with van der Waals surface area (Å²) in [7, 11) is 0. The molecule has 0 spiro atoms. The minimum atomic E-state index is -4.86. The standard InChI is InChI=1S/C16H16F3N3O7/c1-9(24)28-11-5-13(29-12(11)7-23)22-6-10(14(25)21-15(22)26)3-2-4-20-8-27-16(17,18)19/h6,8,11-13,23H,4-5,7H2,1H3,(H,21,25,26)/b20-8-/t11-,12-,13-/m1/s1. The molecule has 29 heavy (non-hydrogen) atoms. The number of esters is 1. The first-order chi connectivity index (χ1) is 13.6. The van der Waals surface area contributed by atoms with E-state index < -0.39 is 55.2 Å². The molecule has 2 heterocycles. The van der Waals surface area contributed by atoms with Crippen LogP contribution in [0.4, 0.5) is 13.2 Å². The number of rotatable bonds is 5. The smallest absolute Gasteiger partial charge is 0.460 e. The van der Waals surface area contributed by atoms with Gasteiger partial charge in [0.2, 0.25) is 0 Å². The van der Waals surface area contributed by atoms with Crippen LogP contribution in [0.2, 0.25) is 0 Å². The number of carbonyl (C=O) groups excluding carboxylic acids is 1. The summed E-state index contributed by atoms with van der Waals surface area (Å²) in [5.41, 5.74) is -1.80. The molecule has 0 unspecified atom stereocenters. The van der Waals surface area contributed by atoms with Gasteiger partial charge in [0.25, 0.3) is 5.56 Å². The van der Waals surface area contributed by atoms with Gasteiger partial charge in [0.15, 0.2) is 6.40 Å². The second-order valence-corrected chi connectivity index (χ2v) is 5.72. The number of hydrogen-bond donors (Lipinski definition) is 2. The molecule has 0 radical (unpaired) electrons. The van der Waals surface area contributed by atoms with Crippen molar-refractivity contribution in [3.63, 3.8) is 0 Å². The molecule has 1 aliphatic rings. The van der Waals surface area contributed by atoms with Crippen molar-refractivity contribution in [1.82, 2.24) is 9.55 Å². The van der Waals surface area contributed by atoms with Gasteiger partial charge >= 0.3 is 18.0 Å². The van der Waals surface area contributed by atoms with Crippen molar-refractivity contribution in [3.05, 3.63) is 32.6 Å². The Balaban J connectivity index is 2.16. The molecule has 13 heteroatoms. The predicted octanol–water partition coefficient (Wildman–Crippen LogP) is -0.336. The van der Waals surface area contributed by atoms with E-state index in [1.807, 2.05) is 4.98 Å². The molecule has 0 aliphatic carbocycles. The number of ether oxygens (including phenoxy) is 3. The molecule has 0 saturated carbocycles. The van der Waals surface area contributed by atoms with E-state index >= 15 is 0 Å². The van der Waals surface area contributed by atoms with Crippen LogP contribution >= 0.6 is 0 Å². The second kappa shape index (κ2) is 9.39. The highest BCUT2D eigenvalue weighted by Gasteiger charge is 2.38. The number of halogens is 3. The number of aromatic amines is 1. The third-order valence-corrected chi connectivity index (χ3v) is 3.61. The molecular weight excluding hydrogens is 403 g/mol. The lowest BCUT2D eigenvalue weighted by Crippen LogP contribution is -2.33.